The Morgan fingerprint density at radius 2 is 1.66 bits per heavy atom. The van der Waals surface area contributed by atoms with E-state index in [1.165, 1.54) is 26.7 Å². The molecule has 29 heavy (non-hydrogen) atoms. The summed E-state index contributed by atoms with van der Waals surface area (Å²) in [6, 6.07) is 23.1. The third kappa shape index (κ3) is 4.47. The number of aromatic nitrogens is 1. The largest absolute Gasteiger partial charge is 0.377 e. The second-order valence-corrected chi connectivity index (χ2v) is 8.10. The van der Waals surface area contributed by atoms with Crippen molar-refractivity contribution in [3.63, 3.8) is 0 Å². The van der Waals surface area contributed by atoms with Gasteiger partial charge in [0, 0.05) is 30.7 Å². The molecule has 0 radical (unpaired) electrons. The molecule has 144 valence electrons. The van der Waals surface area contributed by atoms with Crippen molar-refractivity contribution >= 4 is 43.6 Å². The van der Waals surface area contributed by atoms with Crippen LogP contribution in [0.3, 0.4) is 0 Å². The smallest absolute Gasteiger partial charge is 0.124 e. The van der Waals surface area contributed by atoms with E-state index in [1.54, 1.807) is 11.3 Å². The van der Waals surface area contributed by atoms with Crippen molar-refractivity contribution in [3.05, 3.63) is 102 Å². The van der Waals surface area contributed by atoms with Crippen LogP contribution >= 0.6 is 11.3 Å². The summed E-state index contributed by atoms with van der Waals surface area (Å²) in [5.41, 5.74) is 3.57. The molecular weight excluding hydrogens is 372 g/mol. The van der Waals surface area contributed by atoms with Crippen molar-refractivity contribution in [2.24, 2.45) is 0 Å². The second kappa shape index (κ2) is 8.89. The van der Waals surface area contributed by atoms with Crippen molar-refractivity contribution in [1.82, 2.24) is 4.98 Å². The lowest BCUT2D eigenvalue weighted by Gasteiger charge is -2.14. The maximum absolute atomic E-state index is 4.64. The zero-order chi connectivity index (χ0) is 20.1. The molecule has 1 heterocycles. The van der Waals surface area contributed by atoms with Gasteiger partial charge in [-0.25, -0.2) is 4.98 Å². The summed E-state index contributed by atoms with van der Waals surface area (Å²) < 4.78 is 1.25. The maximum Gasteiger partial charge on any atom is 0.124 e. The molecule has 0 saturated carbocycles. The number of anilines is 1. The molecule has 0 aliphatic heterocycles. The van der Waals surface area contributed by atoms with E-state index in [2.05, 4.69) is 115 Å². The highest BCUT2D eigenvalue weighted by molar-refractivity contribution is 7.19. The standard InChI is InChI=1S/C14H11NS.C12H13N/c1-2-4-8-11(7-3-1)14-15-12-9-5-6-10-13(12)16-14;1-13(2)12-9-5-7-10-6-3-4-8-11(10)12/h1,3-10H,2H2;3-9H,1-2H3. The Morgan fingerprint density at radius 3 is 2.52 bits per heavy atom. The number of thiazole rings is 1. The summed E-state index contributed by atoms with van der Waals surface area (Å²) in [5, 5.41) is 3.72. The predicted octanol–water partition coefficient (Wildman–Crippen LogP) is 7.10. The van der Waals surface area contributed by atoms with E-state index in [-0.39, 0.29) is 0 Å². The minimum atomic E-state index is 1.00. The van der Waals surface area contributed by atoms with Gasteiger partial charge in [0.2, 0.25) is 0 Å². The third-order valence-electron chi connectivity index (χ3n) is 4.77. The number of hydrogen-bond donors (Lipinski definition) is 0. The average Bonchev–Trinajstić information content (AvgIpc) is 3.00. The molecule has 2 nitrogen and oxygen atoms in total. The topological polar surface area (TPSA) is 16.1 Å². The van der Waals surface area contributed by atoms with E-state index >= 15 is 0 Å². The van der Waals surface area contributed by atoms with Crippen molar-refractivity contribution in [2.75, 3.05) is 19.0 Å². The van der Waals surface area contributed by atoms with Crippen LogP contribution in [0.25, 0.3) is 26.6 Å². The first-order chi connectivity index (χ1) is 14.2. The molecule has 0 spiro atoms. The van der Waals surface area contributed by atoms with E-state index in [9.17, 15) is 0 Å². The van der Waals surface area contributed by atoms with Crippen molar-refractivity contribution in [1.29, 1.82) is 0 Å². The first-order valence-electron chi connectivity index (χ1n) is 9.77. The number of para-hydroxylation sites is 1. The van der Waals surface area contributed by atoms with Crippen molar-refractivity contribution in [3.8, 4) is 0 Å². The van der Waals surface area contributed by atoms with E-state index in [4.69, 9.17) is 0 Å². The molecule has 3 aromatic carbocycles. The van der Waals surface area contributed by atoms with Gasteiger partial charge in [0.05, 0.1) is 10.2 Å². The second-order valence-electron chi connectivity index (χ2n) is 7.07. The van der Waals surface area contributed by atoms with Gasteiger partial charge in [-0.15, -0.1) is 11.3 Å². The van der Waals surface area contributed by atoms with E-state index in [1.807, 2.05) is 6.07 Å². The van der Waals surface area contributed by atoms with Crippen LogP contribution in [0, 0.1) is 0 Å². The summed E-state index contributed by atoms with van der Waals surface area (Å²) >= 11 is 1.75. The van der Waals surface area contributed by atoms with E-state index < -0.39 is 0 Å². The lowest BCUT2D eigenvalue weighted by molar-refractivity contribution is 1.14. The van der Waals surface area contributed by atoms with E-state index in [0.29, 0.717) is 0 Å². The quantitative estimate of drug-likeness (QED) is 0.359. The number of allylic oxidation sites excluding steroid dienone is 6. The number of benzene rings is 3. The zero-order valence-electron chi connectivity index (χ0n) is 16.7. The normalized spacial score (nSPS) is 13.0. The first-order valence-corrected chi connectivity index (χ1v) is 10.6. The first kappa shape index (κ1) is 19.2. The highest BCUT2D eigenvalue weighted by Gasteiger charge is 2.06. The van der Waals surface area contributed by atoms with Gasteiger partial charge in [-0.2, -0.15) is 0 Å². The fourth-order valence-electron chi connectivity index (χ4n) is 3.32. The van der Waals surface area contributed by atoms with Crippen LogP contribution in [0.4, 0.5) is 5.69 Å². The number of hydrogen-bond acceptors (Lipinski definition) is 3. The summed E-state index contributed by atoms with van der Waals surface area (Å²) in [5.74, 6) is 0. The van der Waals surface area contributed by atoms with Crippen LogP contribution in [0.5, 0.6) is 0 Å². The maximum atomic E-state index is 4.64. The minimum Gasteiger partial charge on any atom is -0.377 e. The van der Waals surface area contributed by atoms with Crippen molar-refractivity contribution in [2.45, 2.75) is 6.42 Å². The van der Waals surface area contributed by atoms with Crippen LogP contribution in [-0.2, 0) is 0 Å². The average molecular weight is 397 g/mol. The van der Waals surface area contributed by atoms with Gasteiger partial charge in [-0.1, -0.05) is 78.9 Å². The Bertz CT molecular complexity index is 1170. The van der Waals surface area contributed by atoms with Crippen LogP contribution in [-0.4, -0.2) is 19.1 Å². The lowest BCUT2D eigenvalue weighted by Crippen LogP contribution is -2.08. The fraction of sp³-hybridized carbons (Fsp3) is 0.115. The molecule has 0 saturated heterocycles. The van der Waals surface area contributed by atoms with Crippen LogP contribution in [0.2, 0.25) is 0 Å². The number of fused-ring (bicyclic) bond motifs is 2. The molecule has 0 fully saturated rings. The monoisotopic (exact) mass is 396 g/mol. The molecule has 5 rings (SSSR count). The molecule has 0 amide bonds. The van der Waals surface area contributed by atoms with Crippen LogP contribution < -0.4 is 4.90 Å². The van der Waals surface area contributed by atoms with Crippen LogP contribution in [0.15, 0.2) is 97.1 Å². The van der Waals surface area contributed by atoms with E-state index in [0.717, 1.165) is 16.9 Å². The van der Waals surface area contributed by atoms with Crippen LogP contribution in [0.1, 0.15) is 11.4 Å². The van der Waals surface area contributed by atoms with Gasteiger partial charge < -0.3 is 4.90 Å². The summed E-state index contributed by atoms with van der Waals surface area (Å²) in [7, 11) is 4.14. The van der Waals surface area contributed by atoms with Crippen molar-refractivity contribution < 1.29 is 0 Å². The lowest BCUT2D eigenvalue weighted by atomic mass is 10.1. The molecule has 1 aliphatic rings. The third-order valence-corrected chi connectivity index (χ3v) is 5.86. The molecule has 0 atom stereocenters. The Kier molecular flexibility index (Phi) is 5.87. The Labute approximate surface area is 176 Å². The number of nitrogens with zero attached hydrogens (tertiary/aromatic N) is 2. The Hall–Kier alpha value is -3.17. The molecular formula is C26H24N2S. The summed E-state index contributed by atoms with van der Waals surface area (Å²) in [6.45, 7) is 0. The molecule has 0 unspecified atom stereocenters. The molecule has 1 aromatic heterocycles. The fourth-order valence-corrected chi connectivity index (χ4v) is 4.29. The molecule has 3 heteroatoms. The Morgan fingerprint density at radius 1 is 0.862 bits per heavy atom. The Balaban J connectivity index is 0.000000145. The summed E-state index contributed by atoms with van der Waals surface area (Å²) in [6.07, 6.45) is 11.7. The van der Waals surface area contributed by atoms with Gasteiger partial charge in [0.25, 0.3) is 0 Å². The SMILES string of the molecule is C1=CCC=CC(c2nc3ccccc3s2)=C1.CN(C)c1cccc2ccccc12. The number of rotatable bonds is 2. The van der Waals surface area contributed by atoms with Gasteiger partial charge in [-0.05, 0) is 30.0 Å². The minimum absolute atomic E-state index is 1.00. The highest BCUT2D eigenvalue weighted by atomic mass is 32.1. The van der Waals surface area contributed by atoms with Gasteiger partial charge in [0.1, 0.15) is 5.01 Å². The van der Waals surface area contributed by atoms with Gasteiger partial charge in [-0.3, -0.25) is 0 Å². The highest BCUT2D eigenvalue weighted by Crippen LogP contribution is 2.28. The van der Waals surface area contributed by atoms with Gasteiger partial charge in [0.15, 0.2) is 0 Å². The molecule has 0 N–H and O–H groups in total. The summed E-state index contributed by atoms with van der Waals surface area (Å²) in [4.78, 5) is 6.78. The molecule has 4 aromatic rings. The van der Waals surface area contributed by atoms with Gasteiger partial charge >= 0.3 is 0 Å². The zero-order valence-corrected chi connectivity index (χ0v) is 17.6. The predicted molar refractivity (Wildman–Crippen MR) is 129 cm³/mol. The molecule has 1 aliphatic carbocycles. The molecule has 0 bridgehead atoms.